The number of H-pyrrole nitrogens is 1. The molecule has 0 amide bonds. The number of nitrogens with one attached hydrogen (secondary N) is 2. The van der Waals surface area contributed by atoms with Crippen LogP contribution in [0.15, 0.2) is 36.8 Å². The van der Waals surface area contributed by atoms with Crippen LogP contribution < -0.4 is 5.32 Å². The van der Waals surface area contributed by atoms with Gasteiger partial charge in [-0.25, -0.2) is 4.98 Å². The number of aromatic nitrogens is 2. The summed E-state index contributed by atoms with van der Waals surface area (Å²) in [6.07, 6.45) is 11.7. The minimum atomic E-state index is 0.638. The van der Waals surface area contributed by atoms with Crippen molar-refractivity contribution in [1.82, 2.24) is 9.97 Å². The van der Waals surface area contributed by atoms with Gasteiger partial charge in [0.25, 0.3) is 0 Å². The number of hydrogen-bond donors (Lipinski definition) is 2. The maximum atomic E-state index is 4.07. The van der Waals surface area contributed by atoms with Gasteiger partial charge in [-0.1, -0.05) is 38.3 Å². The van der Waals surface area contributed by atoms with E-state index in [1.807, 2.05) is 6.20 Å². The van der Waals surface area contributed by atoms with Crippen molar-refractivity contribution in [2.75, 3.05) is 5.32 Å². The van der Waals surface area contributed by atoms with Crippen molar-refractivity contribution in [1.29, 1.82) is 0 Å². The zero-order valence-corrected chi connectivity index (χ0v) is 12.8. The molecule has 1 aromatic heterocycles. The summed E-state index contributed by atoms with van der Waals surface area (Å²) in [4.78, 5) is 7.21. The number of nitrogens with zero attached hydrogens (tertiary/aromatic N) is 1. The van der Waals surface area contributed by atoms with Crippen LogP contribution >= 0.6 is 0 Å². The first kappa shape index (κ1) is 14.2. The third-order valence-electron chi connectivity index (χ3n) is 4.73. The van der Waals surface area contributed by atoms with Gasteiger partial charge in [-0.05, 0) is 42.9 Å². The average Bonchev–Trinajstić information content (AvgIpc) is 2.96. The van der Waals surface area contributed by atoms with Gasteiger partial charge in [-0.2, -0.15) is 0 Å². The molecule has 0 saturated heterocycles. The summed E-state index contributed by atoms with van der Waals surface area (Å²) in [5.41, 5.74) is 3.49. The molecule has 3 heteroatoms. The summed E-state index contributed by atoms with van der Waals surface area (Å²) >= 11 is 0. The molecule has 2 unspecified atom stereocenters. The molecule has 3 nitrogen and oxygen atoms in total. The molecule has 1 saturated carbocycles. The quantitative estimate of drug-likeness (QED) is 0.788. The summed E-state index contributed by atoms with van der Waals surface area (Å²) in [6, 6.07) is 9.30. The van der Waals surface area contributed by atoms with Crippen LogP contribution in [0, 0.1) is 5.92 Å². The second-order valence-electron chi connectivity index (χ2n) is 6.17. The third kappa shape index (κ3) is 3.66. The predicted octanol–water partition coefficient (Wildman–Crippen LogP) is 4.85. The predicted molar refractivity (Wildman–Crippen MR) is 88.3 cm³/mol. The standard InChI is InChI=1S/C18H25N3/c1-2-14-4-3-5-16(9-6-14)21-17-10-7-15(8-11-17)18-12-19-13-20-18/h7-8,10-14,16,21H,2-6,9H2,1H3,(H,19,20). The Morgan fingerprint density at radius 2 is 2.00 bits per heavy atom. The molecule has 1 fully saturated rings. The molecule has 112 valence electrons. The summed E-state index contributed by atoms with van der Waals surface area (Å²) in [7, 11) is 0. The number of imidazole rings is 1. The SMILES string of the molecule is CCC1CCCC(Nc2ccc(-c3cnc[nH]3)cc2)CC1. The Labute approximate surface area is 127 Å². The highest BCUT2D eigenvalue weighted by Gasteiger charge is 2.17. The molecule has 1 aromatic carbocycles. The van der Waals surface area contributed by atoms with E-state index in [2.05, 4.69) is 46.5 Å². The van der Waals surface area contributed by atoms with Crippen LogP contribution in [0.5, 0.6) is 0 Å². The van der Waals surface area contributed by atoms with E-state index in [0.29, 0.717) is 6.04 Å². The smallest absolute Gasteiger partial charge is 0.0924 e. The van der Waals surface area contributed by atoms with E-state index in [1.165, 1.54) is 49.8 Å². The van der Waals surface area contributed by atoms with Gasteiger partial charge in [0.05, 0.1) is 18.2 Å². The zero-order valence-electron chi connectivity index (χ0n) is 12.8. The van der Waals surface area contributed by atoms with Crippen LogP contribution in [0.3, 0.4) is 0 Å². The zero-order chi connectivity index (χ0) is 14.5. The number of hydrogen-bond acceptors (Lipinski definition) is 2. The van der Waals surface area contributed by atoms with Crippen molar-refractivity contribution >= 4 is 5.69 Å². The van der Waals surface area contributed by atoms with Crippen LogP contribution in [-0.2, 0) is 0 Å². The number of anilines is 1. The molecular weight excluding hydrogens is 258 g/mol. The Morgan fingerprint density at radius 1 is 1.14 bits per heavy atom. The molecule has 21 heavy (non-hydrogen) atoms. The first-order chi connectivity index (χ1) is 10.3. The van der Waals surface area contributed by atoms with Crippen LogP contribution in [0.25, 0.3) is 11.3 Å². The van der Waals surface area contributed by atoms with Crippen LogP contribution in [0.1, 0.15) is 45.4 Å². The number of aromatic amines is 1. The first-order valence-corrected chi connectivity index (χ1v) is 8.20. The van der Waals surface area contributed by atoms with Crippen molar-refractivity contribution in [3.8, 4) is 11.3 Å². The minimum Gasteiger partial charge on any atom is -0.382 e. The molecule has 3 rings (SSSR count). The summed E-state index contributed by atoms with van der Waals surface area (Å²) in [5, 5.41) is 3.71. The fourth-order valence-corrected chi connectivity index (χ4v) is 3.33. The van der Waals surface area contributed by atoms with Crippen LogP contribution in [0.4, 0.5) is 5.69 Å². The van der Waals surface area contributed by atoms with Gasteiger partial charge in [0.15, 0.2) is 0 Å². The highest BCUT2D eigenvalue weighted by Crippen LogP contribution is 2.28. The van der Waals surface area contributed by atoms with Gasteiger partial charge in [0.2, 0.25) is 0 Å². The monoisotopic (exact) mass is 283 g/mol. The van der Waals surface area contributed by atoms with Gasteiger partial charge in [-0.3, -0.25) is 0 Å². The molecule has 2 atom stereocenters. The summed E-state index contributed by atoms with van der Waals surface area (Å²) in [6.45, 7) is 2.33. The number of rotatable bonds is 4. The Morgan fingerprint density at radius 3 is 2.71 bits per heavy atom. The molecule has 2 N–H and O–H groups in total. The van der Waals surface area contributed by atoms with E-state index in [-0.39, 0.29) is 0 Å². The summed E-state index contributed by atoms with van der Waals surface area (Å²) in [5.74, 6) is 0.944. The van der Waals surface area contributed by atoms with E-state index in [4.69, 9.17) is 0 Å². The molecule has 0 radical (unpaired) electrons. The van der Waals surface area contributed by atoms with Gasteiger partial charge in [0, 0.05) is 11.7 Å². The largest absolute Gasteiger partial charge is 0.382 e. The Balaban J connectivity index is 1.60. The van der Waals surface area contributed by atoms with Crippen molar-refractivity contribution in [2.45, 2.75) is 51.5 Å². The third-order valence-corrected chi connectivity index (χ3v) is 4.73. The molecule has 0 spiro atoms. The molecular formula is C18H25N3. The molecule has 1 aliphatic carbocycles. The van der Waals surface area contributed by atoms with Gasteiger partial charge in [0.1, 0.15) is 0 Å². The van der Waals surface area contributed by atoms with E-state index < -0.39 is 0 Å². The topological polar surface area (TPSA) is 40.7 Å². The Hall–Kier alpha value is -1.77. The molecule has 1 heterocycles. The van der Waals surface area contributed by atoms with E-state index in [9.17, 15) is 0 Å². The lowest BCUT2D eigenvalue weighted by Gasteiger charge is -2.18. The van der Waals surface area contributed by atoms with Gasteiger partial charge >= 0.3 is 0 Å². The van der Waals surface area contributed by atoms with Crippen molar-refractivity contribution in [3.05, 3.63) is 36.8 Å². The maximum Gasteiger partial charge on any atom is 0.0924 e. The van der Waals surface area contributed by atoms with Crippen molar-refractivity contribution in [3.63, 3.8) is 0 Å². The van der Waals surface area contributed by atoms with Crippen molar-refractivity contribution < 1.29 is 0 Å². The van der Waals surface area contributed by atoms with Gasteiger partial charge < -0.3 is 10.3 Å². The normalized spacial score (nSPS) is 22.7. The van der Waals surface area contributed by atoms with Gasteiger partial charge in [-0.15, -0.1) is 0 Å². The lowest BCUT2D eigenvalue weighted by molar-refractivity contribution is 0.444. The second-order valence-corrected chi connectivity index (χ2v) is 6.17. The van der Waals surface area contributed by atoms with E-state index in [1.54, 1.807) is 6.33 Å². The second kappa shape index (κ2) is 6.79. The van der Waals surface area contributed by atoms with E-state index >= 15 is 0 Å². The van der Waals surface area contributed by atoms with Crippen LogP contribution in [-0.4, -0.2) is 16.0 Å². The summed E-state index contributed by atoms with van der Waals surface area (Å²) < 4.78 is 0. The Kier molecular flexibility index (Phi) is 4.59. The maximum absolute atomic E-state index is 4.07. The fourth-order valence-electron chi connectivity index (χ4n) is 3.33. The minimum absolute atomic E-state index is 0.638. The van der Waals surface area contributed by atoms with Crippen LogP contribution in [0.2, 0.25) is 0 Å². The Bertz CT molecular complexity index is 530. The highest BCUT2D eigenvalue weighted by atomic mass is 14.9. The molecule has 2 aromatic rings. The lowest BCUT2D eigenvalue weighted by Crippen LogP contribution is -2.18. The van der Waals surface area contributed by atoms with Crippen molar-refractivity contribution in [2.24, 2.45) is 5.92 Å². The average molecular weight is 283 g/mol. The lowest BCUT2D eigenvalue weighted by atomic mass is 9.98. The fraction of sp³-hybridized carbons (Fsp3) is 0.500. The molecule has 0 aliphatic heterocycles. The molecule has 1 aliphatic rings. The van der Waals surface area contributed by atoms with E-state index in [0.717, 1.165) is 11.6 Å². The first-order valence-electron chi connectivity index (χ1n) is 8.20. The highest BCUT2D eigenvalue weighted by molar-refractivity contribution is 5.62. The molecule has 0 bridgehead atoms. The number of benzene rings is 1.